The molecule has 1 aliphatic heterocycles. The molecule has 3 aromatic rings. The Morgan fingerprint density at radius 2 is 1.94 bits per heavy atom. The first-order valence-electron chi connectivity index (χ1n) is 12.6. The van der Waals surface area contributed by atoms with Gasteiger partial charge in [-0.25, -0.2) is 9.50 Å². The fourth-order valence-electron chi connectivity index (χ4n) is 5.09. The van der Waals surface area contributed by atoms with E-state index in [4.69, 9.17) is 14.5 Å². The zero-order chi connectivity index (χ0) is 24.2. The predicted molar refractivity (Wildman–Crippen MR) is 140 cm³/mol. The summed E-state index contributed by atoms with van der Waals surface area (Å²) in [5.74, 6) is 2.26. The molecule has 2 fully saturated rings. The highest BCUT2D eigenvalue weighted by molar-refractivity contribution is 9.10. The number of anilines is 1. The molecule has 1 saturated carbocycles. The molecule has 2 aromatic heterocycles. The number of benzene rings is 1. The van der Waals surface area contributed by atoms with Crippen LogP contribution in [0.15, 0.2) is 34.9 Å². The van der Waals surface area contributed by atoms with Crippen LogP contribution in [0.1, 0.15) is 44.1 Å². The molecule has 8 nitrogen and oxygen atoms in total. The Morgan fingerprint density at radius 3 is 2.71 bits per heavy atom. The molecule has 0 unspecified atom stereocenters. The van der Waals surface area contributed by atoms with Crippen molar-refractivity contribution in [2.75, 3.05) is 32.2 Å². The normalized spacial score (nSPS) is 21.3. The van der Waals surface area contributed by atoms with E-state index in [0.717, 1.165) is 97.8 Å². The Morgan fingerprint density at radius 1 is 1.14 bits per heavy atom. The molecular weight excluding hydrogens is 510 g/mol. The van der Waals surface area contributed by atoms with Crippen LogP contribution < -0.4 is 15.4 Å². The molecule has 0 amide bonds. The van der Waals surface area contributed by atoms with Crippen molar-refractivity contribution >= 4 is 27.4 Å². The molecule has 188 valence electrons. The number of aliphatic hydroxyl groups is 1. The van der Waals surface area contributed by atoms with Gasteiger partial charge in [0.1, 0.15) is 11.6 Å². The van der Waals surface area contributed by atoms with Gasteiger partial charge < -0.3 is 25.2 Å². The number of halogens is 1. The Labute approximate surface area is 214 Å². The molecule has 1 aliphatic carbocycles. The van der Waals surface area contributed by atoms with Gasteiger partial charge in [0.15, 0.2) is 5.65 Å². The van der Waals surface area contributed by atoms with E-state index in [1.807, 2.05) is 10.6 Å². The second-order valence-corrected chi connectivity index (χ2v) is 10.5. The van der Waals surface area contributed by atoms with Crippen LogP contribution in [-0.4, -0.2) is 58.7 Å². The van der Waals surface area contributed by atoms with Crippen LogP contribution in [0, 0.1) is 5.92 Å². The first-order valence-corrected chi connectivity index (χ1v) is 13.3. The van der Waals surface area contributed by atoms with Gasteiger partial charge in [-0.15, -0.1) is 0 Å². The monoisotopic (exact) mass is 543 g/mol. The fraction of sp³-hybridized carbons (Fsp3) is 0.538. The minimum absolute atomic E-state index is 0.120. The molecular formula is C26H34BrN5O3. The first-order chi connectivity index (χ1) is 17.1. The number of aliphatic hydroxyl groups excluding tert-OH is 1. The highest BCUT2D eigenvalue weighted by Gasteiger charge is 2.21. The minimum Gasteiger partial charge on any atom is -0.497 e. The SMILES string of the molecule is COc1ccc(CNCC2CCC(O)CC2)c(-c2cc(NC3CCOCC3)nc3c(Br)cnn23)c1. The lowest BCUT2D eigenvalue weighted by Gasteiger charge is -2.26. The number of ether oxygens (including phenoxy) is 2. The molecule has 0 spiro atoms. The summed E-state index contributed by atoms with van der Waals surface area (Å²) >= 11 is 3.62. The van der Waals surface area contributed by atoms with Crippen molar-refractivity contribution < 1.29 is 14.6 Å². The number of fused-ring (bicyclic) bond motifs is 1. The van der Waals surface area contributed by atoms with Crippen LogP contribution in [0.2, 0.25) is 0 Å². The van der Waals surface area contributed by atoms with E-state index >= 15 is 0 Å². The summed E-state index contributed by atoms with van der Waals surface area (Å²) < 4.78 is 13.8. The number of nitrogens with one attached hydrogen (secondary N) is 2. The van der Waals surface area contributed by atoms with Crippen molar-refractivity contribution in [2.45, 2.75) is 57.2 Å². The summed E-state index contributed by atoms with van der Waals surface area (Å²) in [6.45, 7) is 3.24. The van der Waals surface area contributed by atoms with Gasteiger partial charge in [0, 0.05) is 37.4 Å². The van der Waals surface area contributed by atoms with E-state index in [1.54, 1.807) is 13.3 Å². The molecule has 1 aromatic carbocycles. The van der Waals surface area contributed by atoms with Crippen molar-refractivity contribution in [1.29, 1.82) is 0 Å². The Balaban J connectivity index is 1.44. The maximum absolute atomic E-state index is 9.80. The van der Waals surface area contributed by atoms with E-state index in [-0.39, 0.29) is 6.10 Å². The van der Waals surface area contributed by atoms with Gasteiger partial charge in [0.25, 0.3) is 0 Å². The Kier molecular flexibility index (Phi) is 7.87. The number of rotatable bonds is 8. The standard InChI is InChI=1S/C26H34BrN5O3/c1-34-21-7-4-18(15-28-14-17-2-5-20(33)6-3-17)22(12-21)24-13-25(30-19-8-10-35-11-9-19)31-26-23(27)16-29-32(24)26/h4,7,12-13,16-17,19-20,28,33H,2-3,5-6,8-11,14-15H2,1H3,(H,30,31). The summed E-state index contributed by atoms with van der Waals surface area (Å²) in [7, 11) is 1.69. The van der Waals surface area contributed by atoms with Crippen molar-refractivity contribution in [1.82, 2.24) is 19.9 Å². The average Bonchev–Trinajstić information content (AvgIpc) is 3.26. The zero-order valence-electron chi connectivity index (χ0n) is 20.2. The molecule has 3 N–H and O–H groups in total. The van der Waals surface area contributed by atoms with E-state index in [9.17, 15) is 5.11 Å². The summed E-state index contributed by atoms with van der Waals surface area (Å²) in [6.07, 6.45) is 7.59. The van der Waals surface area contributed by atoms with E-state index < -0.39 is 0 Å². The highest BCUT2D eigenvalue weighted by Crippen LogP contribution is 2.32. The maximum atomic E-state index is 9.80. The second-order valence-electron chi connectivity index (χ2n) is 9.61. The molecule has 0 atom stereocenters. The summed E-state index contributed by atoms with van der Waals surface area (Å²) in [6, 6.07) is 8.64. The van der Waals surface area contributed by atoms with Gasteiger partial charge in [0.2, 0.25) is 0 Å². The number of aromatic nitrogens is 3. The van der Waals surface area contributed by atoms with E-state index in [0.29, 0.717) is 12.0 Å². The molecule has 0 radical (unpaired) electrons. The molecule has 35 heavy (non-hydrogen) atoms. The lowest BCUT2D eigenvalue weighted by atomic mass is 9.87. The van der Waals surface area contributed by atoms with Crippen LogP contribution in [0.3, 0.4) is 0 Å². The molecule has 2 aliphatic rings. The molecule has 1 saturated heterocycles. The van der Waals surface area contributed by atoms with E-state index in [1.165, 1.54) is 5.56 Å². The third kappa shape index (κ3) is 5.80. The van der Waals surface area contributed by atoms with Crippen LogP contribution in [-0.2, 0) is 11.3 Å². The number of nitrogens with zero attached hydrogens (tertiary/aromatic N) is 3. The summed E-state index contributed by atoms with van der Waals surface area (Å²) in [4.78, 5) is 4.85. The largest absolute Gasteiger partial charge is 0.497 e. The Bertz CT molecular complexity index is 1140. The number of methoxy groups -OCH3 is 1. The van der Waals surface area contributed by atoms with Gasteiger partial charge in [-0.1, -0.05) is 6.07 Å². The van der Waals surface area contributed by atoms with E-state index in [2.05, 4.69) is 49.9 Å². The predicted octanol–water partition coefficient (Wildman–Crippen LogP) is 4.40. The Hall–Kier alpha value is -2.20. The smallest absolute Gasteiger partial charge is 0.172 e. The van der Waals surface area contributed by atoms with Gasteiger partial charge in [-0.3, -0.25) is 0 Å². The van der Waals surface area contributed by atoms with Gasteiger partial charge in [0.05, 0.1) is 29.6 Å². The highest BCUT2D eigenvalue weighted by atomic mass is 79.9. The van der Waals surface area contributed by atoms with Crippen LogP contribution >= 0.6 is 15.9 Å². The van der Waals surface area contributed by atoms with Crippen LogP contribution in [0.25, 0.3) is 16.9 Å². The van der Waals surface area contributed by atoms with Crippen molar-refractivity contribution in [3.05, 3.63) is 40.5 Å². The minimum atomic E-state index is -0.120. The lowest BCUT2D eigenvalue weighted by molar-refractivity contribution is 0.0904. The lowest BCUT2D eigenvalue weighted by Crippen LogP contribution is -2.28. The number of hydrogen-bond acceptors (Lipinski definition) is 7. The van der Waals surface area contributed by atoms with Crippen molar-refractivity contribution in [3.63, 3.8) is 0 Å². The zero-order valence-corrected chi connectivity index (χ0v) is 21.8. The van der Waals surface area contributed by atoms with Crippen molar-refractivity contribution in [3.8, 4) is 17.0 Å². The maximum Gasteiger partial charge on any atom is 0.172 e. The van der Waals surface area contributed by atoms with Crippen LogP contribution in [0.5, 0.6) is 5.75 Å². The summed E-state index contributed by atoms with van der Waals surface area (Å²) in [5.41, 5.74) is 3.98. The van der Waals surface area contributed by atoms with Gasteiger partial charge in [-0.2, -0.15) is 5.10 Å². The van der Waals surface area contributed by atoms with Crippen LogP contribution in [0.4, 0.5) is 5.82 Å². The fourth-order valence-corrected chi connectivity index (χ4v) is 5.44. The van der Waals surface area contributed by atoms with Gasteiger partial charge >= 0.3 is 0 Å². The second kappa shape index (κ2) is 11.2. The first kappa shape index (κ1) is 24.5. The molecule has 9 heteroatoms. The van der Waals surface area contributed by atoms with Gasteiger partial charge in [-0.05, 0) is 84.6 Å². The third-order valence-corrected chi connectivity index (χ3v) is 7.72. The topological polar surface area (TPSA) is 92.9 Å². The molecule has 3 heterocycles. The molecule has 0 bridgehead atoms. The van der Waals surface area contributed by atoms with Crippen molar-refractivity contribution in [2.24, 2.45) is 5.92 Å². The third-order valence-electron chi connectivity index (χ3n) is 7.16. The average molecular weight is 544 g/mol. The quantitative estimate of drug-likeness (QED) is 0.387. The number of hydrogen-bond donors (Lipinski definition) is 3. The molecule has 5 rings (SSSR count). The summed E-state index contributed by atoms with van der Waals surface area (Å²) in [5, 5.41) is 21.7.